The quantitative estimate of drug-likeness (QED) is 0.812. The number of anilines is 1. The molecule has 3 heteroatoms. The first kappa shape index (κ1) is 15.8. The fourth-order valence-corrected chi connectivity index (χ4v) is 2.42. The van der Waals surface area contributed by atoms with E-state index in [4.69, 9.17) is 18.0 Å². The van der Waals surface area contributed by atoms with E-state index in [9.17, 15) is 0 Å². The second kappa shape index (κ2) is 6.02. The van der Waals surface area contributed by atoms with Crippen molar-refractivity contribution in [2.24, 2.45) is 17.1 Å². The van der Waals surface area contributed by atoms with Crippen molar-refractivity contribution in [2.75, 3.05) is 11.9 Å². The standard InChI is InChI=1S/C18H24N2S/c1-12(18(2,3)4)11-20-16-10-9-15(17(19)21)13-7-5-6-8-14(13)16/h5-10,12,20H,11H2,1-4H3,(H2,19,21). The Morgan fingerprint density at radius 1 is 1.14 bits per heavy atom. The van der Waals surface area contributed by atoms with Crippen LogP contribution in [-0.2, 0) is 0 Å². The highest BCUT2D eigenvalue weighted by molar-refractivity contribution is 7.80. The lowest BCUT2D eigenvalue weighted by Gasteiger charge is -2.28. The number of nitrogens with two attached hydrogens (primary N) is 1. The molecule has 0 aliphatic carbocycles. The summed E-state index contributed by atoms with van der Waals surface area (Å²) in [6.07, 6.45) is 0. The average Bonchev–Trinajstić information content (AvgIpc) is 2.42. The zero-order valence-corrected chi connectivity index (χ0v) is 14.1. The van der Waals surface area contributed by atoms with E-state index in [1.807, 2.05) is 18.2 Å². The second-order valence-corrected chi connectivity index (χ2v) is 7.16. The van der Waals surface area contributed by atoms with Crippen molar-refractivity contribution in [3.63, 3.8) is 0 Å². The Kier molecular flexibility index (Phi) is 4.52. The number of nitrogens with one attached hydrogen (secondary N) is 1. The highest BCUT2D eigenvalue weighted by Crippen LogP contribution is 2.29. The van der Waals surface area contributed by atoms with Gasteiger partial charge in [0.25, 0.3) is 0 Å². The van der Waals surface area contributed by atoms with Crippen molar-refractivity contribution in [3.05, 3.63) is 42.0 Å². The van der Waals surface area contributed by atoms with Crippen molar-refractivity contribution in [1.82, 2.24) is 0 Å². The minimum atomic E-state index is 0.293. The van der Waals surface area contributed by atoms with Gasteiger partial charge in [-0.15, -0.1) is 0 Å². The van der Waals surface area contributed by atoms with Crippen LogP contribution in [0.5, 0.6) is 0 Å². The molecule has 2 aromatic rings. The maximum absolute atomic E-state index is 5.82. The van der Waals surface area contributed by atoms with Gasteiger partial charge in [0, 0.05) is 23.2 Å². The van der Waals surface area contributed by atoms with Gasteiger partial charge in [0.05, 0.1) is 0 Å². The van der Waals surface area contributed by atoms with Crippen molar-refractivity contribution >= 4 is 33.7 Å². The molecule has 1 unspecified atom stereocenters. The van der Waals surface area contributed by atoms with Gasteiger partial charge in [-0.05, 0) is 28.9 Å². The zero-order chi connectivity index (χ0) is 15.6. The van der Waals surface area contributed by atoms with E-state index in [-0.39, 0.29) is 0 Å². The van der Waals surface area contributed by atoms with Crippen LogP contribution in [0.3, 0.4) is 0 Å². The molecular weight excluding hydrogens is 276 g/mol. The lowest BCUT2D eigenvalue weighted by Crippen LogP contribution is -2.24. The molecule has 2 nitrogen and oxygen atoms in total. The third-order valence-corrected chi connectivity index (χ3v) is 4.49. The molecule has 0 amide bonds. The van der Waals surface area contributed by atoms with E-state index >= 15 is 0 Å². The first-order chi connectivity index (χ1) is 9.80. The van der Waals surface area contributed by atoms with E-state index < -0.39 is 0 Å². The van der Waals surface area contributed by atoms with Crippen molar-refractivity contribution < 1.29 is 0 Å². The fourth-order valence-electron chi connectivity index (χ4n) is 2.24. The van der Waals surface area contributed by atoms with Gasteiger partial charge in [-0.3, -0.25) is 0 Å². The smallest absolute Gasteiger partial charge is 0.104 e. The van der Waals surface area contributed by atoms with Crippen LogP contribution in [0.4, 0.5) is 5.69 Å². The summed E-state index contributed by atoms with van der Waals surface area (Å²) < 4.78 is 0. The van der Waals surface area contributed by atoms with Crippen LogP contribution >= 0.6 is 12.2 Å². The lowest BCUT2D eigenvalue weighted by molar-refractivity contribution is 0.274. The van der Waals surface area contributed by atoms with Gasteiger partial charge >= 0.3 is 0 Å². The predicted molar refractivity (Wildman–Crippen MR) is 96.9 cm³/mol. The predicted octanol–water partition coefficient (Wildman–Crippen LogP) is 4.57. The molecule has 2 aromatic carbocycles. The average molecular weight is 300 g/mol. The van der Waals surface area contributed by atoms with Crippen LogP contribution in [-0.4, -0.2) is 11.5 Å². The van der Waals surface area contributed by atoms with E-state index in [0.29, 0.717) is 16.3 Å². The Hall–Kier alpha value is -1.61. The number of thiocarbonyl (C=S) groups is 1. The molecule has 112 valence electrons. The van der Waals surface area contributed by atoms with Crippen LogP contribution in [0.25, 0.3) is 10.8 Å². The summed E-state index contributed by atoms with van der Waals surface area (Å²) >= 11 is 5.15. The number of hydrogen-bond donors (Lipinski definition) is 2. The summed E-state index contributed by atoms with van der Waals surface area (Å²) in [4.78, 5) is 0.445. The van der Waals surface area contributed by atoms with Crippen LogP contribution in [0.15, 0.2) is 36.4 Å². The Morgan fingerprint density at radius 2 is 1.76 bits per heavy atom. The van der Waals surface area contributed by atoms with E-state index in [0.717, 1.165) is 23.2 Å². The second-order valence-electron chi connectivity index (χ2n) is 6.72. The summed E-state index contributed by atoms with van der Waals surface area (Å²) in [7, 11) is 0. The minimum Gasteiger partial charge on any atom is -0.389 e. The molecule has 0 saturated carbocycles. The van der Waals surface area contributed by atoms with Gasteiger partial charge in [0.1, 0.15) is 4.99 Å². The van der Waals surface area contributed by atoms with Crippen molar-refractivity contribution in [2.45, 2.75) is 27.7 Å². The molecule has 0 saturated heterocycles. The molecule has 0 fully saturated rings. The van der Waals surface area contributed by atoms with E-state index in [2.05, 4.69) is 51.2 Å². The Balaban J connectivity index is 2.34. The molecule has 1 atom stereocenters. The fraction of sp³-hybridized carbons (Fsp3) is 0.389. The number of benzene rings is 2. The summed E-state index contributed by atoms with van der Waals surface area (Å²) in [5.74, 6) is 0.575. The molecule has 3 N–H and O–H groups in total. The summed E-state index contributed by atoms with van der Waals surface area (Å²) in [5.41, 5.74) is 8.19. The van der Waals surface area contributed by atoms with Gasteiger partial charge in [0.15, 0.2) is 0 Å². The Bertz CT molecular complexity index is 656. The molecule has 0 heterocycles. The minimum absolute atomic E-state index is 0.293. The third-order valence-electron chi connectivity index (χ3n) is 4.27. The molecule has 0 aliphatic rings. The highest BCUT2D eigenvalue weighted by Gasteiger charge is 2.19. The van der Waals surface area contributed by atoms with E-state index in [1.54, 1.807) is 0 Å². The van der Waals surface area contributed by atoms with Gasteiger partial charge in [-0.2, -0.15) is 0 Å². The molecule has 2 rings (SSSR count). The van der Waals surface area contributed by atoms with Crippen LogP contribution in [0, 0.1) is 11.3 Å². The van der Waals surface area contributed by atoms with Crippen LogP contribution < -0.4 is 11.1 Å². The Labute approximate surface area is 132 Å². The molecule has 0 aliphatic heterocycles. The topological polar surface area (TPSA) is 38.0 Å². The summed E-state index contributed by atoms with van der Waals surface area (Å²) in [5, 5.41) is 5.86. The summed E-state index contributed by atoms with van der Waals surface area (Å²) in [6, 6.07) is 12.3. The van der Waals surface area contributed by atoms with Gasteiger partial charge in [-0.1, -0.05) is 64.2 Å². The van der Waals surface area contributed by atoms with Gasteiger partial charge in [0.2, 0.25) is 0 Å². The summed E-state index contributed by atoms with van der Waals surface area (Å²) in [6.45, 7) is 10.0. The van der Waals surface area contributed by atoms with Crippen LogP contribution in [0.2, 0.25) is 0 Å². The monoisotopic (exact) mass is 300 g/mol. The third kappa shape index (κ3) is 3.53. The number of hydrogen-bond acceptors (Lipinski definition) is 2. The first-order valence-corrected chi connectivity index (χ1v) is 7.77. The SMILES string of the molecule is CC(CNc1ccc(C(N)=S)c2ccccc12)C(C)(C)C. The molecule has 0 aromatic heterocycles. The van der Waals surface area contributed by atoms with E-state index in [1.165, 1.54) is 5.39 Å². The van der Waals surface area contributed by atoms with Gasteiger partial charge in [-0.25, -0.2) is 0 Å². The van der Waals surface area contributed by atoms with Gasteiger partial charge < -0.3 is 11.1 Å². The molecule has 21 heavy (non-hydrogen) atoms. The molecule has 0 bridgehead atoms. The molecule has 0 spiro atoms. The molecular formula is C18H24N2S. The number of fused-ring (bicyclic) bond motifs is 1. The largest absolute Gasteiger partial charge is 0.389 e. The lowest BCUT2D eigenvalue weighted by atomic mass is 9.82. The maximum atomic E-state index is 5.82. The highest BCUT2D eigenvalue weighted by atomic mass is 32.1. The zero-order valence-electron chi connectivity index (χ0n) is 13.2. The van der Waals surface area contributed by atoms with Crippen LogP contribution in [0.1, 0.15) is 33.3 Å². The molecule has 0 radical (unpaired) electrons. The maximum Gasteiger partial charge on any atom is 0.104 e. The number of rotatable bonds is 4. The normalized spacial score (nSPS) is 13.1. The Morgan fingerprint density at radius 3 is 2.33 bits per heavy atom. The first-order valence-electron chi connectivity index (χ1n) is 7.36. The van der Waals surface area contributed by atoms with Crippen molar-refractivity contribution in [3.8, 4) is 0 Å². The van der Waals surface area contributed by atoms with Crippen molar-refractivity contribution in [1.29, 1.82) is 0 Å².